The fourth-order valence-electron chi connectivity index (χ4n) is 0.951. The SMILES string of the molecule is C#CCCCn1cnc(S(=O)(=O)Cl)c1. The molecular weight excluding hydrogens is 224 g/mol. The molecule has 0 fully saturated rings. The predicted octanol–water partition coefficient (Wildman–Crippen LogP) is 1.22. The number of imidazole rings is 1. The summed E-state index contributed by atoms with van der Waals surface area (Å²) in [7, 11) is 1.38. The van der Waals surface area contributed by atoms with Crippen molar-refractivity contribution in [2.24, 2.45) is 0 Å². The van der Waals surface area contributed by atoms with Crippen molar-refractivity contribution >= 4 is 19.7 Å². The minimum absolute atomic E-state index is 0.125. The van der Waals surface area contributed by atoms with E-state index in [9.17, 15) is 8.42 Å². The molecular formula is C8H9ClN2O2S. The van der Waals surface area contributed by atoms with Gasteiger partial charge in [-0.1, -0.05) is 0 Å². The highest BCUT2D eigenvalue weighted by atomic mass is 35.7. The molecule has 6 heteroatoms. The lowest BCUT2D eigenvalue weighted by Crippen LogP contribution is -1.94. The summed E-state index contributed by atoms with van der Waals surface area (Å²) >= 11 is 0. The standard InChI is InChI=1S/C8H9ClN2O2S/c1-2-3-4-5-11-6-8(10-7-11)14(9,12)13/h1,6-7H,3-5H2. The lowest BCUT2D eigenvalue weighted by atomic mass is 10.3. The van der Waals surface area contributed by atoms with E-state index < -0.39 is 9.05 Å². The van der Waals surface area contributed by atoms with Crippen molar-refractivity contribution in [3.63, 3.8) is 0 Å². The minimum Gasteiger partial charge on any atom is -0.336 e. The van der Waals surface area contributed by atoms with Crippen LogP contribution in [-0.4, -0.2) is 18.0 Å². The van der Waals surface area contributed by atoms with Crippen LogP contribution in [0.15, 0.2) is 17.6 Å². The van der Waals surface area contributed by atoms with Gasteiger partial charge in [0.05, 0.1) is 6.33 Å². The zero-order valence-corrected chi connectivity index (χ0v) is 8.92. The van der Waals surface area contributed by atoms with E-state index in [1.165, 1.54) is 12.5 Å². The maximum Gasteiger partial charge on any atom is 0.280 e. The van der Waals surface area contributed by atoms with Gasteiger partial charge >= 0.3 is 0 Å². The molecule has 0 unspecified atom stereocenters. The molecule has 1 heterocycles. The normalized spacial score (nSPS) is 11.1. The van der Waals surface area contributed by atoms with Crippen LogP contribution in [0.4, 0.5) is 0 Å². The molecule has 76 valence electrons. The molecule has 1 aromatic heterocycles. The Morgan fingerprint density at radius 3 is 2.86 bits per heavy atom. The zero-order valence-electron chi connectivity index (χ0n) is 7.35. The quantitative estimate of drug-likeness (QED) is 0.446. The second-order valence-corrected chi connectivity index (χ2v) is 5.21. The molecule has 0 aliphatic carbocycles. The molecule has 0 saturated carbocycles. The van der Waals surface area contributed by atoms with E-state index in [1.54, 1.807) is 4.57 Å². The topological polar surface area (TPSA) is 52.0 Å². The maximum atomic E-state index is 10.8. The van der Waals surface area contributed by atoms with Crippen molar-refractivity contribution in [2.45, 2.75) is 24.4 Å². The molecule has 0 N–H and O–H groups in total. The van der Waals surface area contributed by atoms with Gasteiger partial charge in [-0.25, -0.2) is 13.4 Å². The highest BCUT2D eigenvalue weighted by Crippen LogP contribution is 2.11. The number of aromatic nitrogens is 2. The number of halogens is 1. The smallest absolute Gasteiger partial charge is 0.280 e. The van der Waals surface area contributed by atoms with Crippen molar-refractivity contribution in [3.8, 4) is 12.3 Å². The van der Waals surface area contributed by atoms with E-state index in [0.29, 0.717) is 13.0 Å². The van der Waals surface area contributed by atoms with Gasteiger partial charge in [0.2, 0.25) is 0 Å². The van der Waals surface area contributed by atoms with Crippen LogP contribution in [0.3, 0.4) is 0 Å². The van der Waals surface area contributed by atoms with Gasteiger partial charge in [0.1, 0.15) is 0 Å². The van der Waals surface area contributed by atoms with Gasteiger partial charge in [0.15, 0.2) is 5.03 Å². The third kappa shape index (κ3) is 3.05. The van der Waals surface area contributed by atoms with Crippen LogP contribution < -0.4 is 0 Å². The molecule has 0 atom stereocenters. The minimum atomic E-state index is -3.71. The summed E-state index contributed by atoms with van der Waals surface area (Å²) in [6.07, 6.45) is 9.33. The third-order valence-corrected chi connectivity index (χ3v) is 2.78. The fourth-order valence-corrected chi connectivity index (χ4v) is 1.62. The Kier molecular flexibility index (Phi) is 3.55. The summed E-state index contributed by atoms with van der Waals surface area (Å²) in [5.74, 6) is 2.50. The van der Waals surface area contributed by atoms with Crippen molar-refractivity contribution < 1.29 is 8.42 Å². The molecule has 1 rings (SSSR count). The van der Waals surface area contributed by atoms with Gasteiger partial charge in [0, 0.05) is 29.8 Å². The lowest BCUT2D eigenvalue weighted by Gasteiger charge is -1.96. The zero-order chi connectivity index (χ0) is 10.6. The Labute approximate surface area is 87.3 Å². The van der Waals surface area contributed by atoms with Gasteiger partial charge in [-0.15, -0.1) is 12.3 Å². The number of terminal acetylenes is 1. The molecule has 0 amide bonds. The first-order valence-corrected chi connectivity index (χ1v) is 6.25. The van der Waals surface area contributed by atoms with Crippen molar-refractivity contribution in [1.29, 1.82) is 0 Å². The molecule has 0 aromatic carbocycles. The van der Waals surface area contributed by atoms with E-state index in [2.05, 4.69) is 10.9 Å². The number of nitrogens with zero attached hydrogens (tertiary/aromatic N) is 2. The van der Waals surface area contributed by atoms with Gasteiger partial charge in [-0.05, 0) is 6.42 Å². The van der Waals surface area contributed by atoms with Crippen molar-refractivity contribution in [1.82, 2.24) is 9.55 Å². The number of rotatable bonds is 4. The van der Waals surface area contributed by atoms with Crippen LogP contribution in [0.5, 0.6) is 0 Å². The molecule has 4 nitrogen and oxygen atoms in total. The van der Waals surface area contributed by atoms with E-state index in [4.69, 9.17) is 17.1 Å². The Morgan fingerprint density at radius 2 is 2.36 bits per heavy atom. The first kappa shape index (κ1) is 11.1. The first-order valence-electron chi connectivity index (χ1n) is 3.94. The largest absolute Gasteiger partial charge is 0.336 e. The highest BCUT2D eigenvalue weighted by molar-refractivity contribution is 8.13. The number of hydrogen-bond acceptors (Lipinski definition) is 3. The van der Waals surface area contributed by atoms with Crippen LogP contribution in [-0.2, 0) is 15.6 Å². The number of unbranched alkanes of at least 4 members (excludes halogenated alkanes) is 1. The highest BCUT2D eigenvalue weighted by Gasteiger charge is 2.12. The Morgan fingerprint density at radius 1 is 1.64 bits per heavy atom. The van der Waals surface area contributed by atoms with Gasteiger partial charge in [-0.3, -0.25) is 0 Å². The summed E-state index contributed by atoms with van der Waals surface area (Å²) in [4.78, 5) is 3.66. The van der Waals surface area contributed by atoms with Crippen LogP contribution in [0.1, 0.15) is 12.8 Å². The van der Waals surface area contributed by atoms with E-state index in [1.807, 2.05) is 0 Å². The molecule has 1 aromatic rings. The van der Waals surface area contributed by atoms with Crippen molar-refractivity contribution in [2.75, 3.05) is 0 Å². The summed E-state index contributed by atoms with van der Waals surface area (Å²) in [6.45, 7) is 0.642. The van der Waals surface area contributed by atoms with Crippen LogP contribution >= 0.6 is 10.7 Å². The van der Waals surface area contributed by atoms with Gasteiger partial charge in [-0.2, -0.15) is 0 Å². The Balaban J connectivity index is 2.66. The number of hydrogen-bond donors (Lipinski definition) is 0. The first-order chi connectivity index (χ1) is 6.54. The van der Waals surface area contributed by atoms with Crippen LogP contribution in [0.25, 0.3) is 0 Å². The van der Waals surface area contributed by atoms with Crippen LogP contribution in [0, 0.1) is 12.3 Å². The molecule has 0 aliphatic rings. The number of aryl methyl sites for hydroxylation is 1. The molecule has 0 saturated heterocycles. The monoisotopic (exact) mass is 232 g/mol. The summed E-state index contributed by atoms with van der Waals surface area (Å²) < 4.78 is 23.3. The fraction of sp³-hybridized carbons (Fsp3) is 0.375. The van der Waals surface area contributed by atoms with Crippen molar-refractivity contribution in [3.05, 3.63) is 12.5 Å². The average molecular weight is 233 g/mol. The van der Waals surface area contributed by atoms with E-state index in [0.717, 1.165) is 6.42 Å². The molecule has 0 bridgehead atoms. The average Bonchev–Trinajstić information content (AvgIpc) is 2.52. The second kappa shape index (κ2) is 4.49. The summed E-state index contributed by atoms with van der Waals surface area (Å²) in [5, 5.41) is -0.125. The van der Waals surface area contributed by atoms with E-state index >= 15 is 0 Å². The Bertz CT molecular complexity index is 444. The summed E-state index contributed by atoms with van der Waals surface area (Å²) in [6, 6.07) is 0. The molecule has 0 aliphatic heterocycles. The molecule has 14 heavy (non-hydrogen) atoms. The lowest BCUT2D eigenvalue weighted by molar-refractivity contribution is 0.606. The third-order valence-electron chi connectivity index (χ3n) is 1.60. The molecule has 0 radical (unpaired) electrons. The van der Waals surface area contributed by atoms with Gasteiger partial charge in [0.25, 0.3) is 9.05 Å². The summed E-state index contributed by atoms with van der Waals surface area (Å²) in [5.41, 5.74) is 0. The predicted molar refractivity (Wildman–Crippen MR) is 53.3 cm³/mol. The Hall–Kier alpha value is -0.990. The molecule has 0 spiro atoms. The second-order valence-electron chi connectivity index (χ2n) is 2.70. The van der Waals surface area contributed by atoms with Gasteiger partial charge < -0.3 is 4.57 Å². The van der Waals surface area contributed by atoms with E-state index in [-0.39, 0.29) is 5.03 Å². The maximum absolute atomic E-state index is 10.8. The van der Waals surface area contributed by atoms with Crippen LogP contribution in [0.2, 0.25) is 0 Å².